The van der Waals surface area contributed by atoms with Crippen LogP contribution in [0.4, 0.5) is 0 Å². The second-order valence-corrected chi connectivity index (χ2v) is 7.26. The minimum atomic E-state index is -1.34. The van der Waals surface area contributed by atoms with Crippen molar-refractivity contribution in [3.8, 4) is 0 Å². The van der Waals surface area contributed by atoms with Crippen LogP contribution in [0.2, 0.25) is 0 Å². The van der Waals surface area contributed by atoms with Crippen molar-refractivity contribution in [3.05, 3.63) is 29.9 Å². The Morgan fingerprint density at radius 2 is 2.29 bits per heavy atom. The number of carbonyl (C=O) groups excluding carboxylic acids is 2. The molecule has 7 nitrogen and oxygen atoms in total. The van der Waals surface area contributed by atoms with Crippen LogP contribution in [-0.2, 0) is 16.6 Å². The topological polar surface area (TPSA) is 97.4 Å². The first-order chi connectivity index (χ1) is 11.3. The van der Waals surface area contributed by atoms with Gasteiger partial charge in [0.2, 0.25) is 10.9 Å². The summed E-state index contributed by atoms with van der Waals surface area (Å²) in [4.78, 5) is 29.3. The van der Waals surface area contributed by atoms with Gasteiger partial charge in [0.05, 0.1) is 43.0 Å². The van der Waals surface area contributed by atoms with Gasteiger partial charge in [0.25, 0.3) is 6.33 Å². The number of aliphatic hydroxyl groups is 1. The van der Waals surface area contributed by atoms with Crippen molar-refractivity contribution in [1.29, 1.82) is 0 Å². The Kier molecular flexibility index (Phi) is 4.35. The van der Waals surface area contributed by atoms with Crippen molar-refractivity contribution in [1.82, 2.24) is 9.88 Å². The van der Waals surface area contributed by atoms with E-state index in [4.69, 9.17) is 0 Å². The third-order valence-corrected chi connectivity index (χ3v) is 5.70. The summed E-state index contributed by atoms with van der Waals surface area (Å²) in [7, 11) is 1.87. The number of thioether (sulfide) groups is 1. The number of fused-ring (bicyclic) bond motifs is 1. The summed E-state index contributed by atoms with van der Waals surface area (Å²) in [6.07, 6.45) is 2.74. The monoisotopic (exact) mass is 349 g/mol. The molecule has 3 heterocycles. The predicted molar refractivity (Wildman–Crippen MR) is 83.1 cm³/mol. The first kappa shape index (κ1) is 16.9. The van der Waals surface area contributed by atoms with Gasteiger partial charge in [0, 0.05) is 17.7 Å². The highest BCUT2D eigenvalue weighted by Gasteiger charge is 2.58. The fourth-order valence-electron chi connectivity index (χ4n) is 3.47. The van der Waals surface area contributed by atoms with E-state index in [0.717, 1.165) is 5.03 Å². The molecule has 3 rings (SSSR count). The number of hydrogen-bond donors (Lipinski definition) is 1. The molecule has 8 heteroatoms. The number of β-lactam (4-membered cyclic amide) rings is 1. The Hall–Kier alpha value is -1.93. The summed E-state index contributed by atoms with van der Waals surface area (Å²) < 4.78 is 1.81. The summed E-state index contributed by atoms with van der Waals surface area (Å²) >= 11 is 1.42. The molecule has 0 aromatic carbocycles. The molecule has 0 bridgehead atoms. The molecular weight excluding hydrogens is 330 g/mol. The van der Waals surface area contributed by atoms with E-state index >= 15 is 0 Å². The minimum absolute atomic E-state index is 0.0385. The summed E-state index contributed by atoms with van der Waals surface area (Å²) in [6.45, 7) is 3.45. The minimum Gasteiger partial charge on any atom is -0.543 e. The molecule has 1 aromatic rings. The van der Waals surface area contributed by atoms with Gasteiger partial charge in [0.15, 0.2) is 0 Å². The molecular formula is C16H19N3O4S. The van der Waals surface area contributed by atoms with Gasteiger partial charge in [-0.25, -0.2) is 4.57 Å². The van der Waals surface area contributed by atoms with Gasteiger partial charge in [-0.2, -0.15) is 0 Å². The molecule has 0 unspecified atom stereocenters. The standard InChI is InChI=1S/C16H19N3O4S/c1-8-10(6-24-11-4-5-18(3)7-17-11)14(16(22)23)19-13(8)12(9(2)20)15(19)21/h4-5,7-9,12-13,20H,6H2,1-3H3/t8-,9+,12+,13+/m0/s1. The van der Waals surface area contributed by atoms with Crippen LogP contribution < -0.4 is 9.67 Å². The maximum atomic E-state index is 12.2. The van der Waals surface area contributed by atoms with Gasteiger partial charge in [0.1, 0.15) is 0 Å². The molecule has 4 atom stereocenters. The number of carboxylic acids is 1. The predicted octanol–water partition coefficient (Wildman–Crippen LogP) is -1.14. The maximum absolute atomic E-state index is 12.2. The average Bonchev–Trinajstić information content (AvgIpc) is 2.76. The highest BCUT2D eigenvalue weighted by molar-refractivity contribution is 7.99. The molecule has 0 spiro atoms. The van der Waals surface area contributed by atoms with Crippen LogP contribution >= 0.6 is 11.8 Å². The lowest BCUT2D eigenvalue weighted by Gasteiger charge is -2.47. The molecule has 0 saturated carbocycles. The van der Waals surface area contributed by atoms with Crippen LogP contribution in [0.3, 0.4) is 0 Å². The van der Waals surface area contributed by atoms with E-state index in [0.29, 0.717) is 11.3 Å². The Morgan fingerprint density at radius 3 is 2.83 bits per heavy atom. The van der Waals surface area contributed by atoms with E-state index in [1.807, 2.05) is 30.8 Å². The van der Waals surface area contributed by atoms with Gasteiger partial charge in [-0.05, 0) is 17.5 Å². The second-order valence-electron chi connectivity index (χ2n) is 6.27. The third-order valence-electron chi connectivity index (χ3n) is 4.70. The first-order valence-corrected chi connectivity index (χ1v) is 8.71. The number of aromatic nitrogens is 2. The smallest absolute Gasteiger partial charge is 0.287 e. The molecule has 2 aliphatic heterocycles. The van der Waals surface area contributed by atoms with Crippen LogP contribution in [0, 0.1) is 11.8 Å². The van der Waals surface area contributed by atoms with Crippen molar-refractivity contribution in [2.45, 2.75) is 31.0 Å². The maximum Gasteiger partial charge on any atom is 0.287 e. The number of aliphatic hydroxyl groups excluding tert-OH is 1. The van der Waals surface area contributed by atoms with E-state index < -0.39 is 18.0 Å². The Bertz CT molecular complexity index is 717. The van der Waals surface area contributed by atoms with Gasteiger partial charge in [-0.3, -0.25) is 4.79 Å². The Labute approximate surface area is 144 Å². The second kappa shape index (κ2) is 6.18. The number of rotatable bonds is 5. The Morgan fingerprint density at radius 1 is 1.58 bits per heavy atom. The molecule has 1 amide bonds. The number of hydrogen-bond acceptors (Lipinski definition) is 6. The molecule has 24 heavy (non-hydrogen) atoms. The number of carboxylic acid groups (broad SMARTS) is 1. The SMILES string of the molecule is C[C@@H](O)[C@H]1C(=O)N2C(C(=O)[O-])=C(CSc3cc[n+](C)cn3)[C@H](C)[C@H]12. The largest absolute Gasteiger partial charge is 0.543 e. The van der Waals surface area contributed by atoms with E-state index in [2.05, 4.69) is 4.98 Å². The lowest BCUT2D eigenvalue weighted by Crippen LogP contribution is -2.64. The van der Waals surface area contributed by atoms with E-state index in [9.17, 15) is 19.8 Å². The van der Waals surface area contributed by atoms with E-state index in [1.165, 1.54) is 16.7 Å². The molecule has 1 fully saturated rings. The average molecular weight is 349 g/mol. The number of nitrogens with zero attached hydrogens (tertiary/aromatic N) is 3. The third kappa shape index (κ3) is 2.59. The van der Waals surface area contributed by atoms with Crippen molar-refractivity contribution in [2.24, 2.45) is 18.9 Å². The summed E-state index contributed by atoms with van der Waals surface area (Å²) in [6, 6.07) is 1.55. The van der Waals surface area contributed by atoms with Crippen molar-refractivity contribution < 1.29 is 24.4 Å². The molecule has 128 valence electrons. The first-order valence-electron chi connectivity index (χ1n) is 7.72. The Balaban J connectivity index is 1.84. The van der Waals surface area contributed by atoms with Crippen molar-refractivity contribution >= 4 is 23.6 Å². The zero-order valence-electron chi connectivity index (χ0n) is 13.7. The number of aliphatic carboxylic acids is 1. The fraction of sp³-hybridized carbons (Fsp3) is 0.500. The van der Waals surface area contributed by atoms with Crippen LogP contribution in [-0.4, -0.2) is 44.8 Å². The van der Waals surface area contributed by atoms with Crippen LogP contribution in [0.15, 0.2) is 34.9 Å². The number of aryl methyl sites for hydroxylation is 1. The van der Waals surface area contributed by atoms with Crippen LogP contribution in [0.1, 0.15) is 13.8 Å². The van der Waals surface area contributed by atoms with Crippen LogP contribution in [0.25, 0.3) is 0 Å². The van der Waals surface area contributed by atoms with Crippen molar-refractivity contribution in [2.75, 3.05) is 5.75 Å². The van der Waals surface area contributed by atoms with E-state index in [1.54, 1.807) is 13.3 Å². The lowest BCUT2D eigenvalue weighted by molar-refractivity contribution is -0.675. The fourth-order valence-corrected chi connectivity index (χ4v) is 4.45. The van der Waals surface area contributed by atoms with Gasteiger partial charge < -0.3 is 19.9 Å². The lowest BCUT2D eigenvalue weighted by atomic mass is 9.78. The van der Waals surface area contributed by atoms with E-state index in [-0.39, 0.29) is 23.6 Å². The van der Waals surface area contributed by atoms with Crippen LogP contribution in [0.5, 0.6) is 0 Å². The summed E-state index contributed by atoms with van der Waals surface area (Å²) in [5.41, 5.74) is 0.625. The van der Waals surface area contributed by atoms with Crippen molar-refractivity contribution in [3.63, 3.8) is 0 Å². The molecule has 2 aliphatic rings. The normalized spacial score (nSPS) is 27.1. The zero-order chi connectivity index (χ0) is 17.6. The quantitative estimate of drug-likeness (QED) is 0.312. The number of carbonyl (C=O) groups is 2. The molecule has 1 saturated heterocycles. The molecule has 1 aromatic heterocycles. The summed E-state index contributed by atoms with van der Waals surface area (Å²) in [5.74, 6) is -1.96. The summed E-state index contributed by atoms with van der Waals surface area (Å²) in [5, 5.41) is 22.2. The van der Waals surface area contributed by atoms with Gasteiger partial charge in [-0.1, -0.05) is 18.7 Å². The van der Waals surface area contributed by atoms with Gasteiger partial charge in [-0.15, -0.1) is 0 Å². The number of amides is 1. The zero-order valence-corrected chi connectivity index (χ0v) is 14.5. The molecule has 0 radical (unpaired) electrons. The van der Waals surface area contributed by atoms with Gasteiger partial charge >= 0.3 is 0 Å². The highest BCUT2D eigenvalue weighted by atomic mass is 32.2. The molecule has 1 N–H and O–H groups in total. The molecule has 0 aliphatic carbocycles. The highest BCUT2D eigenvalue weighted by Crippen LogP contribution is 2.47.